The summed E-state index contributed by atoms with van der Waals surface area (Å²) in [7, 11) is 0. The van der Waals surface area contributed by atoms with Crippen molar-refractivity contribution in [2.24, 2.45) is 23.2 Å². The number of ether oxygens (including phenoxy) is 5. The molecule has 218 valence electrons. The van der Waals surface area contributed by atoms with Gasteiger partial charge in [0.25, 0.3) is 0 Å². The Hall–Kier alpha value is -2.15. The van der Waals surface area contributed by atoms with Crippen LogP contribution in [0.25, 0.3) is 0 Å². The third kappa shape index (κ3) is 3.13. The number of rotatable bonds is 4. The molecule has 0 radical (unpaired) electrons. The third-order valence-corrected chi connectivity index (χ3v) is 10.9. The SMILES string of the molecule is CC1=C/C(=C\[C@H](C)C(=O)[C@@]2(C)CC[C@]34C[C@]56OC(=O)C[C@H]5O[C@@](C)(CO)[C@@H]6[C@@H]5C[C@H]3[C@](O)(O5)[C@](O)(C2)O4)OC1=O. The van der Waals surface area contributed by atoms with Crippen LogP contribution in [0.4, 0.5) is 0 Å². The first kappa shape index (κ1) is 26.7. The van der Waals surface area contributed by atoms with Gasteiger partial charge in [0.15, 0.2) is 0 Å². The maximum atomic E-state index is 13.9. The Morgan fingerprint density at radius 1 is 1.18 bits per heavy atom. The van der Waals surface area contributed by atoms with Crippen LogP contribution in [0.2, 0.25) is 0 Å². The van der Waals surface area contributed by atoms with Crippen LogP contribution in [0.5, 0.6) is 0 Å². The summed E-state index contributed by atoms with van der Waals surface area (Å²) in [5.74, 6) is -6.96. The summed E-state index contributed by atoms with van der Waals surface area (Å²) in [5.41, 5.74) is -4.09. The second kappa shape index (κ2) is 7.81. The molecule has 11 atom stereocenters. The largest absolute Gasteiger partial charge is 0.456 e. The van der Waals surface area contributed by atoms with Crippen molar-refractivity contribution in [2.75, 3.05) is 6.61 Å². The number of carbonyl (C=O) groups excluding carboxylic acids is 3. The van der Waals surface area contributed by atoms with Gasteiger partial charge in [-0.3, -0.25) is 9.59 Å². The molecule has 0 unspecified atom stereocenters. The highest BCUT2D eigenvalue weighted by atomic mass is 16.8. The maximum absolute atomic E-state index is 13.9. The fourth-order valence-electron chi connectivity index (χ4n) is 9.30. The highest BCUT2D eigenvalue weighted by molar-refractivity contribution is 5.93. The number of hydrogen-bond acceptors (Lipinski definition) is 11. The Balaban J connectivity index is 1.27. The minimum Gasteiger partial charge on any atom is -0.456 e. The molecule has 1 aliphatic carbocycles. The third-order valence-electron chi connectivity index (χ3n) is 10.9. The molecule has 5 saturated heterocycles. The van der Waals surface area contributed by atoms with E-state index < -0.39 is 75.7 Å². The van der Waals surface area contributed by atoms with Gasteiger partial charge in [-0.15, -0.1) is 0 Å². The molecule has 1 saturated carbocycles. The number of esters is 2. The molecule has 7 rings (SSSR count). The van der Waals surface area contributed by atoms with E-state index >= 15 is 0 Å². The van der Waals surface area contributed by atoms with Gasteiger partial charge in [-0.2, -0.15) is 0 Å². The Kier molecular flexibility index (Phi) is 5.22. The molecule has 6 heterocycles. The molecule has 0 amide bonds. The fourth-order valence-corrected chi connectivity index (χ4v) is 9.30. The first-order valence-corrected chi connectivity index (χ1v) is 14.1. The summed E-state index contributed by atoms with van der Waals surface area (Å²) in [4.78, 5) is 38.3. The predicted molar refractivity (Wildman–Crippen MR) is 133 cm³/mol. The van der Waals surface area contributed by atoms with Crippen molar-refractivity contribution in [3.05, 3.63) is 23.5 Å². The van der Waals surface area contributed by atoms with Crippen molar-refractivity contribution in [1.82, 2.24) is 0 Å². The lowest BCUT2D eigenvalue weighted by atomic mass is 9.63. The Morgan fingerprint density at radius 3 is 2.60 bits per heavy atom. The number of aliphatic hydroxyl groups excluding tert-OH is 1. The van der Waals surface area contributed by atoms with Crippen LogP contribution in [0, 0.1) is 23.2 Å². The second-order valence-corrected chi connectivity index (χ2v) is 13.6. The molecule has 3 N–H and O–H groups in total. The van der Waals surface area contributed by atoms with E-state index in [-0.39, 0.29) is 31.7 Å². The van der Waals surface area contributed by atoms with Gasteiger partial charge in [0.1, 0.15) is 23.2 Å². The molecule has 2 spiro atoms. The van der Waals surface area contributed by atoms with Crippen molar-refractivity contribution >= 4 is 17.7 Å². The highest BCUT2D eigenvalue weighted by Gasteiger charge is 2.84. The molecule has 0 aromatic rings. The van der Waals surface area contributed by atoms with E-state index in [1.165, 1.54) is 0 Å². The molecule has 6 aliphatic heterocycles. The minimum absolute atomic E-state index is 0.0228. The van der Waals surface area contributed by atoms with E-state index in [2.05, 4.69) is 0 Å². The van der Waals surface area contributed by atoms with Crippen molar-refractivity contribution < 1.29 is 53.4 Å². The summed E-state index contributed by atoms with van der Waals surface area (Å²) < 4.78 is 30.4. The first-order valence-electron chi connectivity index (χ1n) is 14.1. The van der Waals surface area contributed by atoms with Gasteiger partial charge < -0.3 is 39.0 Å². The quantitative estimate of drug-likeness (QED) is 0.424. The molecule has 0 aromatic heterocycles. The zero-order valence-electron chi connectivity index (χ0n) is 23.1. The number of hydrogen-bond donors (Lipinski definition) is 3. The van der Waals surface area contributed by atoms with Gasteiger partial charge in [-0.05, 0) is 45.3 Å². The number of aliphatic hydroxyl groups is 3. The summed E-state index contributed by atoms with van der Waals surface area (Å²) >= 11 is 0. The van der Waals surface area contributed by atoms with Crippen LogP contribution in [0.1, 0.15) is 66.2 Å². The molecule has 6 fully saturated rings. The zero-order valence-corrected chi connectivity index (χ0v) is 23.1. The Bertz CT molecular complexity index is 1290. The number of Topliss-reactive ketones (excluding diaryl/α,β-unsaturated/α-hetero) is 1. The number of fused-ring (bicyclic) bond motifs is 4. The van der Waals surface area contributed by atoms with E-state index in [9.17, 15) is 29.7 Å². The lowest BCUT2D eigenvalue weighted by molar-refractivity contribution is -0.361. The maximum Gasteiger partial charge on any atom is 0.339 e. The first-order chi connectivity index (χ1) is 18.6. The van der Waals surface area contributed by atoms with Crippen LogP contribution in [0.15, 0.2) is 23.5 Å². The smallest absolute Gasteiger partial charge is 0.339 e. The van der Waals surface area contributed by atoms with E-state index in [0.29, 0.717) is 30.6 Å². The average Bonchev–Trinajstić information content (AvgIpc) is 3.53. The molecule has 11 heteroatoms. The second-order valence-electron chi connectivity index (χ2n) is 13.6. The summed E-state index contributed by atoms with van der Waals surface area (Å²) in [5, 5.41) is 34.6. The molecule has 0 aromatic carbocycles. The molecule has 11 nitrogen and oxygen atoms in total. The number of ketones is 1. The normalized spacial score (nSPS) is 53.9. The van der Waals surface area contributed by atoms with Crippen molar-refractivity contribution in [3.8, 4) is 0 Å². The number of carbonyl (C=O) groups is 3. The number of cyclic esters (lactones) is 1. The molecular formula is C29H36O11. The van der Waals surface area contributed by atoms with E-state index in [1.807, 2.05) is 0 Å². The Morgan fingerprint density at radius 2 is 1.93 bits per heavy atom. The van der Waals surface area contributed by atoms with Crippen LogP contribution >= 0.6 is 0 Å². The van der Waals surface area contributed by atoms with Gasteiger partial charge in [-0.25, -0.2) is 4.79 Å². The van der Waals surface area contributed by atoms with Crippen molar-refractivity contribution in [1.29, 1.82) is 0 Å². The van der Waals surface area contributed by atoms with Gasteiger partial charge in [0.05, 0.1) is 42.2 Å². The van der Waals surface area contributed by atoms with Crippen molar-refractivity contribution in [2.45, 2.75) is 107 Å². The number of allylic oxidation sites excluding steroid dienone is 2. The summed E-state index contributed by atoms with van der Waals surface area (Å²) in [6.07, 6.45) is 2.76. The van der Waals surface area contributed by atoms with Gasteiger partial charge in [0, 0.05) is 29.7 Å². The fraction of sp³-hybridized carbons (Fsp3) is 0.759. The van der Waals surface area contributed by atoms with Gasteiger partial charge >= 0.3 is 11.9 Å². The van der Waals surface area contributed by atoms with Crippen molar-refractivity contribution in [3.63, 3.8) is 0 Å². The van der Waals surface area contributed by atoms with E-state index in [0.717, 1.165) is 0 Å². The van der Waals surface area contributed by atoms with Crippen LogP contribution in [-0.2, 0) is 38.1 Å². The Labute approximate surface area is 231 Å². The zero-order chi connectivity index (χ0) is 28.7. The minimum atomic E-state index is -2.21. The van der Waals surface area contributed by atoms with Gasteiger partial charge in [0.2, 0.25) is 11.6 Å². The lowest BCUT2D eigenvalue weighted by Crippen LogP contribution is -2.60. The van der Waals surface area contributed by atoms with Crippen LogP contribution in [-0.4, -0.2) is 80.2 Å². The molecule has 7 aliphatic rings. The molecule has 4 bridgehead atoms. The van der Waals surface area contributed by atoms with Gasteiger partial charge in [-0.1, -0.05) is 13.8 Å². The lowest BCUT2D eigenvalue weighted by Gasteiger charge is -2.46. The average molecular weight is 561 g/mol. The predicted octanol–water partition coefficient (Wildman–Crippen LogP) is 1.18. The summed E-state index contributed by atoms with van der Waals surface area (Å²) in [6.45, 7) is 6.52. The summed E-state index contributed by atoms with van der Waals surface area (Å²) in [6, 6.07) is 0. The monoisotopic (exact) mass is 560 g/mol. The van der Waals surface area contributed by atoms with E-state index in [4.69, 9.17) is 23.7 Å². The molecule has 40 heavy (non-hydrogen) atoms. The van der Waals surface area contributed by atoms with E-state index in [1.54, 1.807) is 39.8 Å². The standard InChI is InChI=1S/C29H36O11/c1-14(7-16-8-15(2)23(33)36-16)22(32)24(3)5-6-26-12-27-19(10-20(31)39-27)38-25(4,13-30)21(27)17-9-18(26)29(35,37-17)28(34,11-24)40-26/h7-8,14,17-19,21,30,34-35H,5-6,9-13H2,1-4H3/b16-7+/t14-,17-,18+,19+,21-,24-,25-,26-,27-,28-,29-/m0/s1. The highest BCUT2D eigenvalue weighted by Crippen LogP contribution is 2.71. The van der Waals surface area contributed by atoms with Crippen LogP contribution in [0.3, 0.4) is 0 Å². The topological polar surface area (TPSA) is 158 Å². The van der Waals surface area contributed by atoms with Crippen LogP contribution < -0.4 is 0 Å². The molecular weight excluding hydrogens is 524 g/mol.